The van der Waals surface area contributed by atoms with Crippen LogP contribution in [0.15, 0.2) is 69.2 Å². The number of hydrogen-bond acceptors (Lipinski definition) is 5. The molecule has 0 saturated carbocycles. The Morgan fingerprint density at radius 1 is 1.08 bits per heavy atom. The van der Waals surface area contributed by atoms with Gasteiger partial charge in [-0.25, -0.2) is 9.78 Å². The van der Waals surface area contributed by atoms with Crippen LogP contribution >= 0.6 is 11.3 Å². The summed E-state index contributed by atoms with van der Waals surface area (Å²) in [6.45, 7) is 2.57. The fourth-order valence-corrected chi connectivity index (χ4v) is 3.83. The molecule has 0 amide bonds. The number of thiophene rings is 1. The highest BCUT2D eigenvalue weighted by Gasteiger charge is 2.15. The minimum absolute atomic E-state index is 0.342. The molecule has 0 atom stereocenters. The van der Waals surface area contributed by atoms with Gasteiger partial charge in [-0.15, -0.1) is 11.3 Å². The minimum Gasteiger partial charge on any atom is -0.494 e. The SMILES string of the molecule is CCOc1ccc(-c2csc3nc(Cc4ccccc4)oc(=O)c23)cc1. The second kappa shape index (κ2) is 7.14. The first-order valence-corrected chi connectivity index (χ1v) is 9.31. The van der Waals surface area contributed by atoms with Gasteiger partial charge in [0.15, 0.2) is 0 Å². The standard InChI is InChI=1S/C21H17NO3S/c1-2-24-16-10-8-15(9-11-16)17-13-26-20-19(17)21(23)25-18(22-20)12-14-6-4-3-5-7-14/h3-11,13H,2,12H2,1H3. The van der Waals surface area contributed by atoms with Crippen LogP contribution in [-0.2, 0) is 6.42 Å². The van der Waals surface area contributed by atoms with E-state index in [1.807, 2.05) is 66.9 Å². The molecular weight excluding hydrogens is 346 g/mol. The average Bonchev–Trinajstić information content (AvgIpc) is 3.08. The van der Waals surface area contributed by atoms with E-state index >= 15 is 0 Å². The summed E-state index contributed by atoms with van der Waals surface area (Å²) in [4.78, 5) is 17.8. The molecule has 0 saturated heterocycles. The lowest BCUT2D eigenvalue weighted by Gasteiger charge is -2.04. The van der Waals surface area contributed by atoms with E-state index in [0.29, 0.717) is 29.1 Å². The third kappa shape index (κ3) is 3.26. The van der Waals surface area contributed by atoms with E-state index in [4.69, 9.17) is 9.15 Å². The Kier molecular flexibility index (Phi) is 4.54. The largest absolute Gasteiger partial charge is 0.494 e. The monoisotopic (exact) mass is 363 g/mol. The minimum atomic E-state index is -0.342. The van der Waals surface area contributed by atoms with Crippen molar-refractivity contribution in [1.82, 2.24) is 4.98 Å². The molecule has 4 aromatic rings. The summed E-state index contributed by atoms with van der Waals surface area (Å²) in [5.74, 6) is 1.25. The zero-order valence-electron chi connectivity index (χ0n) is 14.3. The quantitative estimate of drug-likeness (QED) is 0.506. The Bertz CT molecular complexity index is 1080. The van der Waals surface area contributed by atoms with Crippen molar-refractivity contribution in [1.29, 1.82) is 0 Å². The van der Waals surface area contributed by atoms with Crippen molar-refractivity contribution < 1.29 is 9.15 Å². The molecule has 0 fully saturated rings. The Balaban J connectivity index is 1.71. The van der Waals surface area contributed by atoms with E-state index in [-0.39, 0.29) is 5.63 Å². The van der Waals surface area contributed by atoms with Crippen molar-refractivity contribution in [3.63, 3.8) is 0 Å². The van der Waals surface area contributed by atoms with Crippen molar-refractivity contribution >= 4 is 21.6 Å². The van der Waals surface area contributed by atoms with Crippen molar-refractivity contribution in [2.45, 2.75) is 13.3 Å². The van der Waals surface area contributed by atoms with Crippen LogP contribution in [0.5, 0.6) is 5.75 Å². The Morgan fingerprint density at radius 2 is 1.85 bits per heavy atom. The normalized spacial score (nSPS) is 11.0. The predicted molar refractivity (Wildman–Crippen MR) is 104 cm³/mol. The van der Waals surface area contributed by atoms with Crippen molar-refractivity contribution in [3.05, 3.63) is 81.9 Å². The maximum Gasteiger partial charge on any atom is 0.348 e. The topological polar surface area (TPSA) is 52.3 Å². The van der Waals surface area contributed by atoms with E-state index < -0.39 is 0 Å². The highest BCUT2D eigenvalue weighted by Crippen LogP contribution is 2.32. The summed E-state index contributed by atoms with van der Waals surface area (Å²) in [6, 6.07) is 17.6. The molecule has 0 N–H and O–H groups in total. The molecule has 2 aromatic carbocycles. The molecule has 2 aromatic heterocycles. The first-order chi connectivity index (χ1) is 12.7. The van der Waals surface area contributed by atoms with Crippen molar-refractivity contribution in [2.24, 2.45) is 0 Å². The van der Waals surface area contributed by atoms with Gasteiger partial charge in [-0.3, -0.25) is 0 Å². The van der Waals surface area contributed by atoms with Crippen LogP contribution in [-0.4, -0.2) is 11.6 Å². The third-order valence-corrected chi connectivity index (χ3v) is 4.96. The van der Waals surface area contributed by atoms with Crippen LogP contribution in [0.4, 0.5) is 0 Å². The Morgan fingerprint density at radius 3 is 2.58 bits per heavy atom. The predicted octanol–water partition coefficient (Wildman–Crippen LogP) is 4.91. The number of benzene rings is 2. The molecule has 26 heavy (non-hydrogen) atoms. The van der Waals surface area contributed by atoms with Gasteiger partial charge in [-0.2, -0.15) is 0 Å². The van der Waals surface area contributed by atoms with Crippen LogP contribution < -0.4 is 10.4 Å². The highest BCUT2D eigenvalue weighted by atomic mass is 32.1. The third-order valence-electron chi connectivity index (χ3n) is 4.09. The molecular formula is C21H17NO3S. The first kappa shape index (κ1) is 16.5. The van der Waals surface area contributed by atoms with Crippen LogP contribution in [0.25, 0.3) is 21.3 Å². The number of ether oxygens (including phenoxy) is 1. The summed E-state index contributed by atoms with van der Waals surface area (Å²) < 4.78 is 11.0. The summed E-state index contributed by atoms with van der Waals surface area (Å²) in [5, 5.41) is 2.49. The summed E-state index contributed by atoms with van der Waals surface area (Å²) in [7, 11) is 0. The molecule has 4 nitrogen and oxygen atoms in total. The van der Waals surface area contributed by atoms with Gasteiger partial charge in [0.2, 0.25) is 5.89 Å². The lowest BCUT2D eigenvalue weighted by Crippen LogP contribution is -2.05. The van der Waals surface area contributed by atoms with Gasteiger partial charge >= 0.3 is 5.63 Å². The highest BCUT2D eigenvalue weighted by molar-refractivity contribution is 7.17. The summed E-state index contributed by atoms with van der Waals surface area (Å²) in [5.41, 5.74) is 2.52. The molecule has 4 rings (SSSR count). The maximum absolute atomic E-state index is 12.6. The van der Waals surface area contributed by atoms with Crippen LogP contribution in [0.3, 0.4) is 0 Å². The van der Waals surface area contributed by atoms with Gasteiger partial charge < -0.3 is 9.15 Å². The number of rotatable bonds is 5. The van der Waals surface area contributed by atoms with Gasteiger partial charge in [-0.05, 0) is 30.2 Å². The van der Waals surface area contributed by atoms with Gasteiger partial charge in [-0.1, -0.05) is 42.5 Å². The van der Waals surface area contributed by atoms with Gasteiger partial charge in [0.1, 0.15) is 16.0 Å². The number of fused-ring (bicyclic) bond motifs is 1. The van der Waals surface area contributed by atoms with Crippen LogP contribution in [0.2, 0.25) is 0 Å². The molecule has 5 heteroatoms. The molecule has 0 aliphatic heterocycles. The fraction of sp³-hybridized carbons (Fsp3) is 0.143. The van der Waals surface area contributed by atoms with Crippen molar-refractivity contribution in [2.75, 3.05) is 6.61 Å². The van der Waals surface area contributed by atoms with Crippen LogP contribution in [0, 0.1) is 0 Å². The Labute approximate surface area is 154 Å². The van der Waals surface area contributed by atoms with Crippen LogP contribution in [0.1, 0.15) is 18.4 Å². The summed E-state index contributed by atoms with van der Waals surface area (Å²) in [6.07, 6.45) is 0.502. The second-order valence-electron chi connectivity index (χ2n) is 5.84. The van der Waals surface area contributed by atoms with Gasteiger partial charge in [0.05, 0.1) is 6.61 Å². The fourth-order valence-electron chi connectivity index (χ4n) is 2.88. The smallest absolute Gasteiger partial charge is 0.348 e. The Hall–Kier alpha value is -2.92. The molecule has 0 bridgehead atoms. The van der Waals surface area contributed by atoms with E-state index in [0.717, 1.165) is 22.4 Å². The molecule has 2 heterocycles. The first-order valence-electron chi connectivity index (χ1n) is 8.43. The zero-order valence-corrected chi connectivity index (χ0v) is 15.1. The number of hydrogen-bond donors (Lipinski definition) is 0. The zero-order chi connectivity index (χ0) is 17.9. The lowest BCUT2D eigenvalue weighted by molar-refractivity contribution is 0.340. The number of aromatic nitrogens is 1. The van der Waals surface area contributed by atoms with E-state index in [1.54, 1.807) is 0 Å². The molecule has 0 spiro atoms. The van der Waals surface area contributed by atoms with Crippen molar-refractivity contribution in [3.8, 4) is 16.9 Å². The second-order valence-corrected chi connectivity index (χ2v) is 6.70. The summed E-state index contributed by atoms with van der Waals surface area (Å²) >= 11 is 1.46. The van der Waals surface area contributed by atoms with E-state index in [9.17, 15) is 4.79 Å². The molecule has 0 aliphatic carbocycles. The van der Waals surface area contributed by atoms with E-state index in [2.05, 4.69) is 4.98 Å². The molecule has 0 unspecified atom stereocenters. The molecule has 0 aliphatic rings. The number of nitrogens with zero attached hydrogens (tertiary/aromatic N) is 1. The average molecular weight is 363 g/mol. The lowest BCUT2D eigenvalue weighted by atomic mass is 10.1. The van der Waals surface area contributed by atoms with Gasteiger partial charge in [0.25, 0.3) is 0 Å². The molecule has 130 valence electrons. The van der Waals surface area contributed by atoms with Gasteiger partial charge in [0, 0.05) is 17.4 Å². The molecule has 0 radical (unpaired) electrons. The van der Waals surface area contributed by atoms with E-state index in [1.165, 1.54) is 11.3 Å². The maximum atomic E-state index is 12.6.